The number of hydrogen-bond donors (Lipinski definition) is 0. The lowest BCUT2D eigenvalue weighted by Crippen LogP contribution is -2.04. The molecule has 20 heavy (non-hydrogen) atoms. The summed E-state index contributed by atoms with van der Waals surface area (Å²) in [6.07, 6.45) is 5.06. The van der Waals surface area contributed by atoms with Gasteiger partial charge in [0.2, 0.25) is 0 Å². The highest BCUT2D eigenvalue weighted by atomic mass is 16.5. The van der Waals surface area contributed by atoms with Crippen molar-refractivity contribution in [3.05, 3.63) is 77.4 Å². The molecule has 0 N–H and O–H groups in total. The zero-order valence-corrected chi connectivity index (χ0v) is 11.6. The van der Waals surface area contributed by atoms with Crippen LogP contribution in [0.5, 0.6) is 0 Å². The second-order valence-electron chi connectivity index (χ2n) is 4.43. The van der Waals surface area contributed by atoms with E-state index in [1.165, 1.54) is 11.1 Å². The largest absolute Gasteiger partial charge is 0.462 e. The fourth-order valence-corrected chi connectivity index (χ4v) is 1.89. The van der Waals surface area contributed by atoms with Gasteiger partial charge in [0.15, 0.2) is 0 Å². The first-order valence-electron chi connectivity index (χ1n) is 6.77. The molecule has 102 valence electrons. The zero-order valence-electron chi connectivity index (χ0n) is 11.6. The van der Waals surface area contributed by atoms with Crippen LogP contribution in [0.15, 0.2) is 60.7 Å². The third-order valence-electron chi connectivity index (χ3n) is 2.93. The van der Waals surface area contributed by atoms with Gasteiger partial charge in [-0.2, -0.15) is 0 Å². The molecule has 2 aromatic rings. The summed E-state index contributed by atoms with van der Waals surface area (Å²) >= 11 is 0. The fourth-order valence-electron chi connectivity index (χ4n) is 1.89. The first-order valence-corrected chi connectivity index (χ1v) is 6.77. The summed E-state index contributed by atoms with van der Waals surface area (Å²) in [5, 5.41) is 0. The van der Waals surface area contributed by atoms with Crippen LogP contribution in [0.1, 0.15) is 28.4 Å². The number of benzene rings is 2. The van der Waals surface area contributed by atoms with Crippen molar-refractivity contribution in [2.24, 2.45) is 0 Å². The summed E-state index contributed by atoms with van der Waals surface area (Å²) in [5.74, 6) is -0.265. The minimum atomic E-state index is -0.265. The van der Waals surface area contributed by atoms with Crippen molar-refractivity contribution in [3.63, 3.8) is 0 Å². The van der Waals surface area contributed by atoms with Crippen molar-refractivity contribution in [1.29, 1.82) is 0 Å². The molecular formula is C18H18O2. The van der Waals surface area contributed by atoms with Crippen LogP contribution in [0.2, 0.25) is 0 Å². The minimum Gasteiger partial charge on any atom is -0.462 e. The van der Waals surface area contributed by atoms with Gasteiger partial charge in [0.05, 0.1) is 12.2 Å². The monoisotopic (exact) mass is 266 g/mol. The van der Waals surface area contributed by atoms with Gasteiger partial charge in [-0.3, -0.25) is 0 Å². The van der Waals surface area contributed by atoms with E-state index in [2.05, 4.69) is 24.3 Å². The predicted molar refractivity (Wildman–Crippen MR) is 81.6 cm³/mol. The Morgan fingerprint density at radius 3 is 2.40 bits per heavy atom. The topological polar surface area (TPSA) is 26.3 Å². The lowest BCUT2D eigenvalue weighted by atomic mass is 10.1. The number of esters is 1. The molecule has 0 fully saturated rings. The molecule has 0 heterocycles. The van der Waals surface area contributed by atoms with Crippen LogP contribution in [0.3, 0.4) is 0 Å². The van der Waals surface area contributed by atoms with E-state index < -0.39 is 0 Å². The van der Waals surface area contributed by atoms with E-state index >= 15 is 0 Å². The average Bonchev–Trinajstić information content (AvgIpc) is 2.49. The van der Waals surface area contributed by atoms with Crippen LogP contribution in [-0.2, 0) is 11.2 Å². The van der Waals surface area contributed by atoms with Gasteiger partial charge < -0.3 is 4.74 Å². The van der Waals surface area contributed by atoms with E-state index in [9.17, 15) is 4.79 Å². The number of ether oxygens (including phenoxy) is 1. The minimum absolute atomic E-state index is 0.265. The lowest BCUT2D eigenvalue weighted by molar-refractivity contribution is 0.0526. The molecule has 0 aliphatic carbocycles. The first-order chi connectivity index (χ1) is 9.79. The Labute approximate surface area is 119 Å². The molecule has 2 aromatic carbocycles. The van der Waals surface area contributed by atoms with E-state index in [1.807, 2.05) is 42.5 Å². The number of hydrogen-bond acceptors (Lipinski definition) is 2. The second-order valence-corrected chi connectivity index (χ2v) is 4.43. The standard InChI is InChI=1S/C18H18O2/c1-2-20-18(19)17-13-11-16(12-14-17)10-6-9-15-7-4-3-5-8-15/h3-9,11-14H,2,10H2,1H3/b9-6+. The van der Waals surface area contributed by atoms with Crippen LogP contribution >= 0.6 is 0 Å². The average molecular weight is 266 g/mol. The van der Waals surface area contributed by atoms with E-state index in [-0.39, 0.29) is 5.97 Å². The van der Waals surface area contributed by atoms with Crippen molar-refractivity contribution < 1.29 is 9.53 Å². The predicted octanol–water partition coefficient (Wildman–Crippen LogP) is 4.12. The van der Waals surface area contributed by atoms with Crippen molar-refractivity contribution >= 4 is 12.0 Å². The molecule has 2 nitrogen and oxygen atoms in total. The summed E-state index contributed by atoms with van der Waals surface area (Å²) in [6, 6.07) is 17.7. The molecule has 0 saturated carbocycles. The number of carbonyl (C=O) groups is 1. The molecule has 0 aromatic heterocycles. The molecule has 0 aliphatic heterocycles. The molecule has 0 atom stereocenters. The Hall–Kier alpha value is -2.35. The maximum Gasteiger partial charge on any atom is 0.338 e. The van der Waals surface area contributed by atoms with Crippen molar-refractivity contribution in [2.45, 2.75) is 13.3 Å². The Morgan fingerprint density at radius 2 is 1.75 bits per heavy atom. The lowest BCUT2D eigenvalue weighted by Gasteiger charge is -2.02. The molecule has 2 rings (SSSR count). The zero-order chi connectivity index (χ0) is 14.2. The Balaban J connectivity index is 1.94. The third-order valence-corrected chi connectivity index (χ3v) is 2.93. The van der Waals surface area contributed by atoms with Gasteiger partial charge in [-0.25, -0.2) is 4.79 Å². The fraction of sp³-hybridized carbons (Fsp3) is 0.167. The molecule has 0 radical (unpaired) electrons. The number of rotatable bonds is 5. The van der Waals surface area contributed by atoms with Gasteiger partial charge in [0.1, 0.15) is 0 Å². The van der Waals surface area contributed by atoms with Gasteiger partial charge in [-0.15, -0.1) is 0 Å². The van der Waals surface area contributed by atoms with Crippen LogP contribution in [0, 0.1) is 0 Å². The highest BCUT2D eigenvalue weighted by Crippen LogP contribution is 2.08. The smallest absolute Gasteiger partial charge is 0.338 e. The van der Waals surface area contributed by atoms with Crippen molar-refractivity contribution in [1.82, 2.24) is 0 Å². The van der Waals surface area contributed by atoms with E-state index in [0.717, 1.165) is 6.42 Å². The summed E-state index contributed by atoms with van der Waals surface area (Å²) < 4.78 is 4.95. The maximum atomic E-state index is 11.5. The number of carbonyl (C=O) groups excluding carboxylic acids is 1. The van der Waals surface area contributed by atoms with E-state index in [0.29, 0.717) is 12.2 Å². The SMILES string of the molecule is CCOC(=O)c1ccc(C/C=C/c2ccccc2)cc1. The summed E-state index contributed by atoms with van der Waals surface area (Å²) in [5.41, 5.74) is 2.96. The molecule has 0 bridgehead atoms. The third kappa shape index (κ3) is 4.09. The Morgan fingerprint density at radius 1 is 1.05 bits per heavy atom. The quantitative estimate of drug-likeness (QED) is 0.761. The van der Waals surface area contributed by atoms with Gasteiger partial charge in [0.25, 0.3) is 0 Å². The second kappa shape index (κ2) is 7.29. The molecule has 0 saturated heterocycles. The van der Waals surface area contributed by atoms with Gasteiger partial charge in [-0.1, -0.05) is 54.6 Å². The molecule has 0 spiro atoms. The summed E-state index contributed by atoms with van der Waals surface area (Å²) in [4.78, 5) is 11.5. The van der Waals surface area contributed by atoms with Crippen LogP contribution in [0.25, 0.3) is 6.08 Å². The molecule has 2 heteroatoms. The normalized spacial score (nSPS) is 10.7. The van der Waals surface area contributed by atoms with Crippen LogP contribution in [-0.4, -0.2) is 12.6 Å². The molecule has 0 unspecified atom stereocenters. The first kappa shape index (κ1) is 14.1. The van der Waals surface area contributed by atoms with E-state index in [4.69, 9.17) is 4.74 Å². The molecule has 0 aliphatic rings. The maximum absolute atomic E-state index is 11.5. The van der Waals surface area contributed by atoms with Gasteiger partial charge in [0, 0.05) is 0 Å². The molecule has 0 amide bonds. The van der Waals surface area contributed by atoms with E-state index in [1.54, 1.807) is 6.92 Å². The highest BCUT2D eigenvalue weighted by molar-refractivity contribution is 5.89. The Bertz CT molecular complexity index is 568. The van der Waals surface area contributed by atoms with Gasteiger partial charge in [-0.05, 0) is 36.6 Å². The Kier molecular flexibility index (Phi) is 5.13. The van der Waals surface area contributed by atoms with Crippen LogP contribution in [0.4, 0.5) is 0 Å². The van der Waals surface area contributed by atoms with Crippen molar-refractivity contribution in [3.8, 4) is 0 Å². The van der Waals surface area contributed by atoms with Crippen LogP contribution < -0.4 is 0 Å². The highest BCUT2D eigenvalue weighted by Gasteiger charge is 2.04. The van der Waals surface area contributed by atoms with Gasteiger partial charge >= 0.3 is 5.97 Å². The number of allylic oxidation sites excluding steroid dienone is 1. The summed E-state index contributed by atoms with van der Waals surface area (Å²) in [6.45, 7) is 2.21. The van der Waals surface area contributed by atoms with Crippen molar-refractivity contribution in [2.75, 3.05) is 6.61 Å². The summed E-state index contributed by atoms with van der Waals surface area (Å²) in [7, 11) is 0. The molecular weight excluding hydrogens is 248 g/mol.